The molecule has 1 aromatic rings. The fraction of sp³-hybridized carbons (Fsp3) is 0.435. The molecule has 5 rings (SSSR count). The Kier molecular flexibility index (Phi) is 3.71. The van der Waals surface area contributed by atoms with Crippen LogP contribution in [-0.2, 0) is 9.59 Å². The zero-order chi connectivity index (χ0) is 18.7. The molecule has 0 radical (unpaired) electrons. The van der Waals surface area contributed by atoms with E-state index in [9.17, 15) is 14.4 Å². The van der Waals surface area contributed by atoms with Crippen LogP contribution in [0.25, 0.3) is 0 Å². The van der Waals surface area contributed by atoms with Crippen LogP contribution >= 0.6 is 0 Å². The minimum Gasteiger partial charge on any atom is -0.295 e. The molecule has 4 heteroatoms. The molecule has 1 saturated heterocycles. The van der Waals surface area contributed by atoms with Crippen molar-refractivity contribution < 1.29 is 14.4 Å². The quantitative estimate of drug-likeness (QED) is 0.453. The van der Waals surface area contributed by atoms with E-state index in [0.717, 1.165) is 12.8 Å². The van der Waals surface area contributed by atoms with Crippen molar-refractivity contribution in [3.8, 4) is 0 Å². The summed E-state index contributed by atoms with van der Waals surface area (Å²) in [6, 6.07) is 6.80. The number of amides is 2. The summed E-state index contributed by atoms with van der Waals surface area (Å²) in [6.45, 7) is 1.51. The van der Waals surface area contributed by atoms with Gasteiger partial charge in [0, 0.05) is 17.4 Å². The number of anilines is 1. The number of carbonyl (C=O) groups is 3. The molecular formula is C23H23NO3. The molecule has 4 atom stereocenters. The Hall–Kier alpha value is -2.49. The van der Waals surface area contributed by atoms with E-state index in [1.54, 1.807) is 24.3 Å². The number of hydrogen-bond acceptors (Lipinski definition) is 3. The largest absolute Gasteiger partial charge is 0.295 e. The summed E-state index contributed by atoms with van der Waals surface area (Å²) in [5.74, 6) is -0.466. The van der Waals surface area contributed by atoms with Gasteiger partial charge in [-0.15, -0.1) is 0 Å². The van der Waals surface area contributed by atoms with Crippen LogP contribution in [0.4, 0.5) is 5.69 Å². The number of ketones is 1. The number of Topliss-reactive ketones (excluding diaryl/α,β-unsaturated/α-hetero) is 1. The molecule has 3 aliphatic carbocycles. The molecule has 1 aliphatic heterocycles. The molecule has 4 aliphatic rings. The van der Waals surface area contributed by atoms with E-state index in [1.165, 1.54) is 42.2 Å². The fourth-order valence-corrected chi connectivity index (χ4v) is 5.60. The highest BCUT2D eigenvalue weighted by molar-refractivity contribution is 6.23. The Morgan fingerprint density at radius 3 is 1.96 bits per heavy atom. The van der Waals surface area contributed by atoms with E-state index in [0.29, 0.717) is 11.3 Å². The van der Waals surface area contributed by atoms with Gasteiger partial charge in [-0.3, -0.25) is 14.4 Å². The van der Waals surface area contributed by atoms with E-state index in [2.05, 4.69) is 12.2 Å². The van der Waals surface area contributed by atoms with Crippen LogP contribution in [-0.4, -0.2) is 17.6 Å². The van der Waals surface area contributed by atoms with Crippen molar-refractivity contribution in [2.75, 3.05) is 4.90 Å². The van der Waals surface area contributed by atoms with Crippen molar-refractivity contribution >= 4 is 23.3 Å². The molecule has 4 nitrogen and oxygen atoms in total. The predicted octanol–water partition coefficient (Wildman–Crippen LogP) is 4.07. The Morgan fingerprint density at radius 2 is 1.44 bits per heavy atom. The van der Waals surface area contributed by atoms with Crippen LogP contribution < -0.4 is 4.90 Å². The van der Waals surface area contributed by atoms with Crippen LogP contribution in [0.15, 0.2) is 47.6 Å². The second-order valence-corrected chi connectivity index (χ2v) is 8.22. The molecule has 3 fully saturated rings. The summed E-state index contributed by atoms with van der Waals surface area (Å²) in [7, 11) is 0. The topological polar surface area (TPSA) is 54.5 Å². The molecule has 2 bridgehead atoms. The summed E-state index contributed by atoms with van der Waals surface area (Å²) in [5, 5.41) is 0. The maximum atomic E-state index is 13.2. The van der Waals surface area contributed by atoms with E-state index < -0.39 is 0 Å². The molecule has 27 heavy (non-hydrogen) atoms. The van der Waals surface area contributed by atoms with Gasteiger partial charge in [0.25, 0.3) is 0 Å². The Labute approximate surface area is 158 Å². The van der Waals surface area contributed by atoms with Gasteiger partial charge in [-0.1, -0.05) is 29.7 Å². The van der Waals surface area contributed by atoms with Crippen molar-refractivity contribution in [1.29, 1.82) is 0 Å². The molecule has 2 saturated carbocycles. The van der Waals surface area contributed by atoms with Crippen LogP contribution in [0.3, 0.4) is 0 Å². The SMILES string of the molecule is CC(=O)c1ccc(N2C(=O)C3C4C=CC(C4=C4CCCCC4)C3C2=O)cc1. The summed E-state index contributed by atoms with van der Waals surface area (Å²) in [5.41, 5.74) is 4.06. The number of nitrogens with zero attached hydrogens (tertiary/aromatic N) is 1. The first-order valence-corrected chi connectivity index (χ1v) is 9.97. The lowest BCUT2D eigenvalue weighted by molar-refractivity contribution is -0.122. The zero-order valence-corrected chi connectivity index (χ0v) is 15.5. The predicted molar refractivity (Wildman–Crippen MR) is 102 cm³/mol. The summed E-state index contributed by atoms with van der Waals surface area (Å²) in [4.78, 5) is 39.3. The van der Waals surface area contributed by atoms with Gasteiger partial charge in [0.15, 0.2) is 5.78 Å². The molecular weight excluding hydrogens is 338 g/mol. The van der Waals surface area contributed by atoms with E-state index in [4.69, 9.17) is 0 Å². The highest BCUT2D eigenvalue weighted by Gasteiger charge is 2.62. The second kappa shape index (κ2) is 6.01. The first-order valence-electron chi connectivity index (χ1n) is 9.97. The third-order valence-electron chi connectivity index (χ3n) is 6.81. The fourth-order valence-electron chi connectivity index (χ4n) is 5.60. The molecule has 0 N–H and O–H groups in total. The van der Waals surface area contributed by atoms with Gasteiger partial charge < -0.3 is 0 Å². The van der Waals surface area contributed by atoms with Crippen molar-refractivity contribution in [2.45, 2.75) is 39.0 Å². The highest BCUT2D eigenvalue weighted by Crippen LogP contribution is 2.58. The van der Waals surface area contributed by atoms with E-state index in [-0.39, 0.29) is 41.3 Å². The maximum Gasteiger partial charge on any atom is 0.238 e. The van der Waals surface area contributed by atoms with Crippen LogP contribution in [0.5, 0.6) is 0 Å². The van der Waals surface area contributed by atoms with Crippen molar-refractivity contribution in [2.24, 2.45) is 23.7 Å². The minimum absolute atomic E-state index is 0.0245. The summed E-state index contributed by atoms with van der Waals surface area (Å²) >= 11 is 0. The Morgan fingerprint density at radius 1 is 0.889 bits per heavy atom. The van der Waals surface area contributed by atoms with Crippen molar-refractivity contribution in [3.63, 3.8) is 0 Å². The average Bonchev–Trinajstić information content (AvgIpc) is 3.32. The Bertz CT molecular complexity index is 866. The number of carbonyl (C=O) groups excluding carboxylic acids is 3. The summed E-state index contributed by atoms with van der Waals surface area (Å²) < 4.78 is 0. The van der Waals surface area contributed by atoms with E-state index in [1.807, 2.05) is 0 Å². The van der Waals surface area contributed by atoms with Gasteiger partial charge in [0.05, 0.1) is 17.5 Å². The first kappa shape index (κ1) is 16.7. The number of hydrogen-bond donors (Lipinski definition) is 0. The van der Waals surface area contributed by atoms with Crippen LogP contribution in [0, 0.1) is 23.7 Å². The zero-order valence-electron chi connectivity index (χ0n) is 15.5. The summed E-state index contributed by atoms with van der Waals surface area (Å²) in [6.07, 6.45) is 10.3. The number of fused-ring (bicyclic) bond motifs is 5. The number of rotatable bonds is 2. The number of imide groups is 1. The third-order valence-corrected chi connectivity index (χ3v) is 6.81. The standard InChI is InChI=1S/C23H23NO3/c1-13(25)14-7-9-16(10-8-14)24-22(26)20-17-11-12-18(21(20)23(24)27)19(17)15-5-3-2-4-6-15/h7-12,17-18,20-21H,2-6H2,1H3. The van der Waals surface area contributed by atoms with Gasteiger partial charge in [-0.2, -0.15) is 0 Å². The van der Waals surface area contributed by atoms with Crippen LogP contribution in [0.2, 0.25) is 0 Å². The van der Waals surface area contributed by atoms with Gasteiger partial charge in [0.1, 0.15) is 0 Å². The molecule has 138 valence electrons. The maximum absolute atomic E-state index is 13.2. The monoisotopic (exact) mass is 361 g/mol. The Balaban J connectivity index is 1.48. The second-order valence-electron chi connectivity index (χ2n) is 8.22. The van der Waals surface area contributed by atoms with Gasteiger partial charge >= 0.3 is 0 Å². The lowest BCUT2D eigenvalue weighted by Crippen LogP contribution is -2.33. The molecule has 0 aromatic heterocycles. The third kappa shape index (κ3) is 2.32. The van der Waals surface area contributed by atoms with E-state index >= 15 is 0 Å². The molecule has 1 aromatic carbocycles. The molecule has 1 heterocycles. The van der Waals surface area contributed by atoms with Gasteiger partial charge in [-0.05, 0) is 56.9 Å². The first-order chi connectivity index (χ1) is 13.1. The van der Waals surface area contributed by atoms with Crippen LogP contribution in [0.1, 0.15) is 49.4 Å². The molecule has 2 amide bonds. The average molecular weight is 361 g/mol. The normalized spacial score (nSPS) is 31.8. The molecule has 0 spiro atoms. The van der Waals surface area contributed by atoms with Crippen molar-refractivity contribution in [3.05, 3.63) is 53.1 Å². The lowest BCUT2D eigenvalue weighted by atomic mass is 9.85. The van der Waals surface area contributed by atoms with Gasteiger partial charge in [0.2, 0.25) is 11.8 Å². The highest BCUT2D eigenvalue weighted by atomic mass is 16.2. The minimum atomic E-state index is -0.246. The van der Waals surface area contributed by atoms with Gasteiger partial charge in [-0.25, -0.2) is 4.90 Å². The number of benzene rings is 1. The lowest BCUT2D eigenvalue weighted by Gasteiger charge is -2.23. The number of allylic oxidation sites excluding steroid dienone is 4. The van der Waals surface area contributed by atoms with Crippen molar-refractivity contribution in [1.82, 2.24) is 0 Å². The smallest absolute Gasteiger partial charge is 0.238 e. The molecule has 4 unspecified atom stereocenters.